The highest BCUT2D eigenvalue weighted by Gasteiger charge is 2.19. The Hall–Kier alpha value is -1.95. The molecule has 0 saturated carbocycles. The third-order valence-corrected chi connectivity index (χ3v) is 3.79. The van der Waals surface area contributed by atoms with E-state index in [1.807, 2.05) is 13.1 Å². The van der Waals surface area contributed by atoms with Crippen LogP contribution in [0.1, 0.15) is 18.4 Å². The summed E-state index contributed by atoms with van der Waals surface area (Å²) in [5.41, 5.74) is 7.34. The van der Waals surface area contributed by atoms with Gasteiger partial charge in [-0.05, 0) is 30.9 Å². The van der Waals surface area contributed by atoms with Crippen molar-refractivity contribution in [3.63, 3.8) is 0 Å². The van der Waals surface area contributed by atoms with Gasteiger partial charge in [-0.15, -0.1) is 0 Å². The molecule has 0 aliphatic carbocycles. The molecule has 0 aromatic heterocycles. The number of hydrogen-bond donors (Lipinski definition) is 2. The van der Waals surface area contributed by atoms with E-state index in [1.54, 1.807) is 19.2 Å². The van der Waals surface area contributed by atoms with E-state index in [2.05, 4.69) is 10.1 Å². The van der Waals surface area contributed by atoms with Crippen LogP contribution in [-0.4, -0.2) is 45.0 Å². The fourth-order valence-electron chi connectivity index (χ4n) is 2.66. The van der Waals surface area contributed by atoms with Crippen LogP contribution in [-0.2, 0) is 4.74 Å². The Kier molecular flexibility index (Phi) is 5.27. The number of nitrogens with zero attached hydrogens (tertiary/aromatic N) is 2. The van der Waals surface area contributed by atoms with Gasteiger partial charge in [0.1, 0.15) is 5.75 Å². The van der Waals surface area contributed by atoms with Crippen molar-refractivity contribution in [3.8, 4) is 5.75 Å². The van der Waals surface area contributed by atoms with Crippen LogP contribution in [0.25, 0.3) is 0 Å². The molecule has 21 heavy (non-hydrogen) atoms. The summed E-state index contributed by atoms with van der Waals surface area (Å²) >= 11 is 0. The summed E-state index contributed by atoms with van der Waals surface area (Å²) in [4.78, 5) is 2.11. The highest BCUT2D eigenvalue weighted by atomic mass is 16.5. The lowest BCUT2D eigenvalue weighted by Gasteiger charge is -2.29. The van der Waals surface area contributed by atoms with Gasteiger partial charge in [0.2, 0.25) is 0 Å². The van der Waals surface area contributed by atoms with E-state index in [1.165, 1.54) is 0 Å². The molecule has 1 aromatic rings. The lowest BCUT2D eigenvalue weighted by molar-refractivity contribution is 0.0576. The predicted octanol–water partition coefficient (Wildman–Crippen LogP) is 1.65. The highest BCUT2D eigenvalue weighted by molar-refractivity contribution is 6.02. The number of nitrogens with two attached hydrogens (primary N) is 1. The van der Waals surface area contributed by atoms with Crippen LogP contribution >= 0.6 is 0 Å². The SMILES string of the molecule is COc1ccc(/C(N)=N/O)c(N(C)CC2CCCOC2)c1. The molecule has 1 fully saturated rings. The zero-order valence-corrected chi connectivity index (χ0v) is 12.6. The fraction of sp³-hybridized carbons (Fsp3) is 0.533. The van der Waals surface area contributed by atoms with Gasteiger partial charge in [-0.1, -0.05) is 5.16 Å². The molecule has 1 aliphatic heterocycles. The van der Waals surface area contributed by atoms with E-state index in [4.69, 9.17) is 20.4 Å². The summed E-state index contributed by atoms with van der Waals surface area (Å²) in [5.74, 6) is 1.33. The Labute approximate surface area is 125 Å². The average Bonchev–Trinajstić information content (AvgIpc) is 2.54. The van der Waals surface area contributed by atoms with Crippen LogP contribution in [0.2, 0.25) is 0 Å². The number of rotatable bonds is 5. The normalized spacial score (nSPS) is 19.3. The molecule has 1 aromatic carbocycles. The zero-order chi connectivity index (χ0) is 15.2. The van der Waals surface area contributed by atoms with Gasteiger partial charge < -0.3 is 25.3 Å². The standard InChI is InChI=1S/C15H23N3O3/c1-18(9-11-4-3-7-21-10-11)14-8-12(20-2)5-6-13(14)15(16)17-19/h5-6,8,11,19H,3-4,7,9-10H2,1-2H3,(H2,16,17). The number of methoxy groups -OCH3 is 1. The quantitative estimate of drug-likeness (QED) is 0.373. The number of ether oxygens (including phenoxy) is 2. The Morgan fingerprint density at radius 3 is 3.00 bits per heavy atom. The maximum absolute atomic E-state index is 8.94. The third kappa shape index (κ3) is 3.78. The molecule has 6 nitrogen and oxygen atoms in total. The lowest BCUT2D eigenvalue weighted by atomic mass is 10.0. The molecule has 0 bridgehead atoms. The van der Waals surface area contributed by atoms with E-state index in [9.17, 15) is 0 Å². The van der Waals surface area contributed by atoms with E-state index >= 15 is 0 Å². The van der Waals surface area contributed by atoms with Crippen molar-refractivity contribution >= 4 is 11.5 Å². The van der Waals surface area contributed by atoms with Crippen molar-refractivity contribution < 1.29 is 14.7 Å². The fourth-order valence-corrected chi connectivity index (χ4v) is 2.66. The molecule has 1 heterocycles. The minimum absolute atomic E-state index is 0.0967. The van der Waals surface area contributed by atoms with Gasteiger partial charge in [0, 0.05) is 31.8 Å². The summed E-state index contributed by atoms with van der Waals surface area (Å²) in [6.45, 7) is 2.50. The number of hydrogen-bond acceptors (Lipinski definition) is 5. The highest BCUT2D eigenvalue weighted by Crippen LogP contribution is 2.27. The smallest absolute Gasteiger partial charge is 0.172 e. The van der Waals surface area contributed by atoms with Crippen LogP contribution in [0, 0.1) is 5.92 Å². The Morgan fingerprint density at radius 1 is 1.57 bits per heavy atom. The van der Waals surface area contributed by atoms with Crippen LogP contribution in [0.5, 0.6) is 5.75 Å². The first-order valence-electron chi connectivity index (χ1n) is 7.10. The minimum atomic E-state index is 0.0967. The van der Waals surface area contributed by atoms with E-state index in [0.717, 1.165) is 44.0 Å². The molecular formula is C15H23N3O3. The second-order valence-corrected chi connectivity index (χ2v) is 5.33. The summed E-state index contributed by atoms with van der Waals surface area (Å²) in [5, 5.41) is 12.0. The molecular weight excluding hydrogens is 270 g/mol. The molecule has 2 rings (SSSR count). The number of benzene rings is 1. The van der Waals surface area contributed by atoms with Gasteiger partial charge in [0.15, 0.2) is 5.84 Å². The molecule has 0 spiro atoms. The van der Waals surface area contributed by atoms with E-state index in [0.29, 0.717) is 11.5 Å². The van der Waals surface area contributed by atoms with Gasteiger partial charge in [0.05, 0.1) is 19.4 Å². The molecule has 1 saturated heterocycles. The van der Waals surface area contributed by atoms with Crippen LogP contribution in [0.3, 0.4) is 0 Å². The minimum Gasteiger partial charge on any atom is -0.497 e. The number of amidine groups is 1. The second-order valence-electron chi connectivity index (χ2n) is 5.33. The monoisotopic (exact) mass is 293 g/mol. The van der Waals surface area contributed by atoms with Gasteiger partial charge in [-0.2, -0.15) is 0 Å². The van der Waals surface area contributed by atoms with Crippen molar-refractivity contribution in [2.24, 2.45) is 16.8 Å². The molecule has 1 unspecified atom stereocenters. The van der Waals surface area contributed by atoms with Gasteiger partial charge in [-0.25, -0.2) is 0 Å². The summed E-state index contributed by atoms with van der Waals surface area (Å²) in [6.07, 6.45) is 2.26. The maximum Gasteiger partial charge on any atom is 0.172 e. The molecule has 3 N–H and O–H groups in total. The van der Waals surface area contributed by atoms with E-state index in [-0.39, 0.29) is 5.84 Å². The number of oxime groups is 1. The van der Waals surface area contributed by atoms with Crippen molar-refractivity contribution in [3.05, 3.63) is 23.8 Å². The van der Waals surface area contributed by atoms with Gasteiger partial charge in [0.25, 0.3) is 0 Å². The van der Waals surface area contributed by atoms with Crippen molar-refractivity contribution in [2.45, 2.75) is 12.8 Å². The summed E-state index contributed by atoms with van der Waals surface area (Å²) < 4.78 is 10.8. The maximum atomic E-state index is 8.94. The first-order valence-corrected chi connectivity index (χ1v) is 7.10. The lowest BCUT2D eigenvalue weighted by Crippen LogP contribution is -2.32. The Balaban J connectivity index is 2.22. The second kappa shape index (κ2) is 7.17. The largest absolute Gasteiger partial charge is 0.497 e. The van der Waals surface area contributed by atoms with Crippen molar-refractivity contribution in [1.82, 2.24) is 0 Å². The third-order valence-electron chi connectivity index (χ3n) is 3.79. The number of anilines is 1. The molecule has 116 valence electrons. The molecule has 0 radical (unpaired) electrons. The molecule has 1 aliphatic rings. The molecule has 0 amide bonds. The van der Waals surface area contributed by atoms with Crippen LogP contribution in [0.4, 0.5) is 5.69 Å². The predicted molar refractivity (Wildman–Crippen MR) is 82.3 cm³/mol. The van der Waals surface area contributed by atoms with Crippen LogP contribution in [0.15, 0.2) is 23.4 Å². The Morgan fingerprint density at radius 2 is 2.38 bits per heavy atom. The first-order chi connectivity index (χ1) is 10.2. The summed E-state index contributed by atoms with van der Waals surface area (Å²) in [7, 11) is 3.62. The molecule has 1 atom stereocenters. The zero-order valence-electron chi connectivity index (χ0n) is 12.6. The van der Waals surface area contributed by atoms with Crippen molar-refractivity contribution in [1.29, 1.82) is 0 Å². The topological polar surface area (TPSA) is 80.3 Å². The first kappa shape index (κ1) is 15.4. The van der Waals surface area contributed by atoms with E-state index < -0.39 is 0 Å². The molecule has 6 heteroatoms. The van der Waals surface area contributed by atoms with Crippen LogP contribution < -0.4 is 15.4 Å². The average molecular weight is 293 g/mol. The van der Waals surface area contributed by atoms with Gasteiger partial charge in [-0.3, -0.25) is 0 Å². The van der Waals surface area contributed by atoms with Gasteiger partial charge >= 0.3 is 0 Å². The summed E-state index contributed by atoms with van der Waals surface area (Å²) in [6, 6.07) is 5.50. The van der Waals surface area contributed by atoms with Crippen molar-refractivity contribution in [2.75, 3.05) is 38.8 Å². The Bertz CT molecular complexity index is 499.